The summed E-state index contributed by atoms with van der Waals surface area (Å²) >= 11 is 0. The number of alkyl carbamates (subject to hydrolysis) is 1. The summed E-state index contributed by atoms with van der Waals surface area (Å²) in [5.74, 6) is -1.20. The lowest BCUT2D eigenvalue weighted by Crippen LogP contribution is -2.50. The van der Waals surface area contributed by atoms with E-state index in [9.17, 15) is 14.4 Å². The van der Waals surface area contributed by atoms with Crippen molar-refractivity contribution >= 4 is 18.0 Å². The van der Waals surface area contributed by atoms with Crippen molar-refractivity contribution in [2.45, 2.75) is 26.5 Å². The first kappa shape index (κ1) is 18.5. The van der Waals surface area contributed by atoms with Crippen molar-refractivity contribution in [2.24, 2.45) is 5.92 Å². The first-order valence-corrected chi connectivity index (χ1v) is 7.25. The largest absolute Gasteiger partial charge is 0.468 e. The molecular weight excluding hydrogens is 300 g/mol. The molecule has 2 N–H and O–H groups in total. The van der Waals surface area contributed by atoms with Crippen molar-refractivity contribution in [1.82, 2.24) is 10.6 Å². The molecule has 0 heterocycles. The molecule has 0 aromatic heterocycles. The average molecular weight is 322 g/mol. The number of amides is 2. The van der Waals surface area contributed by atoms with Crippen LogP contribution in [0.2, 0.25) is 0 Å². The second-order valence-electron chi connectivity index (χ2n) is 5.22. The van der Waals surface area contributed by atoms with Gasteiger partial charge in [0.25, 0.3) is 0 Å². The van der Waals surface area contributed by atoms with Gasteiger partial charge in [0.1, 0.15) is 19.2 Å². The molecule has 0 saturated heterocycles. The first-order chi connectivity index (χ1) is 10.9. The normalized spacial score (nSPS) is 11.5. The highest BCUT2D eigenvalue weighted by Gasteiger charge is 2.25. The molecule has 7 heteroatoms. The van der Waals surface area contributed by atoms with E-state index in [2.05, 4.69) is 15.4 Å². The van der Waals surface area contributed by atoms with Crippen molar-refractivity contribution in [3.63, 3.8) is 0 Å². The van der Waals surface area contributed by atoms with Gasteiger partial charge in [-0.1, -0.05) is 44.2 Å². The van der Waals surface area contributed by atoms with Gasteiger partial charge >= 0.3 is 12.1 Å². The molecule has 1 atom stereocenters. The summed E-state index contributed by atoms with van der Waals surface area (Å²) < 4.78 is 9.53. The van der Waals surface area contributed by atoms with Crippen LogP contribution in [0.3, 0.4) is 0 Å². The number of nitrogens with one attached hydrogen (secondary N) is 2. The lowest BCUT2D eigenvalue weighted by atomic mass is 10.0. The molecule has 7 nitrogen and oxygen atoms in total. The number of methoxy groups -OCH3 is 1. The molecule has 1 rings (SSSR count). The molecule has 2 amide bonds. The van der Waals surface area contributed by atoms with Crippen LogP contribution in [-0.2, 0) is 25.7 Å². The van der Waals surface area contributed by atoms with Crippen molar-refractivity contribution in [1.29, 1.82) is 0 Å². The zero-order chi connectivity index (χ0) is 17.2. The Bertz CT molecular complexity index is 531. The summed E-state index contributed by atoms with van der Waals surface area (Å²) in [7, 11) is 1.23. The number of carbonyl (C=O) groups excluding carboxylic acids is 3. The van der Waals surface area contributed by atoms with E-state index in [0.29, 0.717) is 0 Å². The number of hydrogen-bond donors (Lipinski definition) is 2. The maximum absolute atomic E-state index is 12.0. The van der Waals surface area contributed by atoms with Gasteiger partial charge in [-0.25, -0.2) is 4.79 Å². The second kappa shape index (κ2) is 9.45. The second-order valence-corrected chi connectivity index (χ2v) is 5.22. The Hall–Kier alpha value is -2.57. The van der Waals surface area contributed by atoms with Gasteiger partial charge in [0.05, 0.1) is 7.11 Å². The lowest BCUT2D eigenvalue weighted by Gasteiger charge is -2.21. The van der Waals surface area contributed by atoms with Gasteiger partial charge in [0, 0.05) is 0 Å². The quantitative estimate of drug-likeness (QED) is 0.736. The maximum atomic E-state index is 12.0. The van der Waals surface area contributed by atoms with E-state index < -0.39 is 24.0 Å². The van der Waals surface area contributed by atoms with Gasteiger partial charge in [-0.2, -0.15) is 0 Å². The summed E-state index contributed by atoms with van der Waals surface area (Å²) in [4.78, 5) is 34.9. The van der Waals surface area contributed by atoms with E-state index in [-0.39, 0.29) is 19.1 Å². The van der Waals surface area contributed by atoms with Crippen molar-refractivity contribution in [3.8, 4) is 0 Å². The Morgan fingerprint density at radius 1 is 1.13 bits per heavy atom. The van der Waals surface area contributed by atoms with E-state index in [1.54, 1.807) is 13.8 Å². The summed E-state index contributed by atoms with van der Waals surface area (Å²) in [6, 6.07) is 8.40. The third-order valence-electron chi connectivity index (χ3n) is 3.07. The van der Waals surface area contributed by atoms with Crippen molar-refractivity contribution in [2.75, 3.05) is 13.7 Å². The third-order valence-corrected chi connectivity index (χ3v) is 3.07. The number of hydrogen-bond acceptors (Lipinski definition) is 5. The Labute approximate surface area is 135 Å². The molecule has 126 valence electrons. The molecule has 0 unspecified atom stereocenters. The van der Waals surface area contributed by atoms with Crippen LogP contribution in [0, 0.1) is 5.92 Å². The van der Waals surface area contributed by atoms with Gasteiger partial charge in [-0.15, -0.1) is 0 Å². The van der Waals surface area contributed by atoms with Gasteiger partial charge < -0.3 is 20.1 Å². The summed E-state index contributed by atoms with van der Waals surface area (Å²) in [5, 5.41) is 4.91. The van der Waals surface area contributed by atoms with Gasteiger partial charge in [-0.05, 0) is 11.5 Å². The lowest BCUT2D eigenvalue weighted by molar-refractivity contribution is -0.141. The molecule has 23 heavy (non-hydrogen) atoms. The molecule has 0 bridgehead atoms. The van der Waals surface area contributed by atoms with Crippen LogP contribution in [0.5, 0.6) is 0 Å². The molecule has 0 aliphatic heterocycles. The van der Waals surface area contributed by atoms with Gasteiger partial charge in [0.2, 0.25) is 5.91 Å². The van der Waals surface area contributed by atoms with E-state index in [4.69, 9.17) is 4.74 Å². The SMILES string of the molecule is COC(=O)CNC(=O)[C@H](NC(=O)OCc1ccccc1)C(C)C. The van der Waals surface area contributed by atoms with E-state index in [1.165, 1.54) is 7.11 Å². The van der Waals surface area contributed by atoms with Crippen LogP contribution < -0.4 is 10.6 Å². The molecule has 0 fully saturated rings. The molecule has 0 aliphatic rings. The highest BCUT2D eigenvalue weighted by Crippen LogP contribution is 2.04. The summed E-state index contributed by atoms with van der Waals surface area (Å²) in [5.41, 5.74) is 0.846. The van der Waals surface area contributed by atoms with Crippen LogP contribution in [0.15, 0.2) is 30.3 Å². The standard InChI is InChI=1S/C16H22N2O5/c1-11(2)14(15(20)17-9-13(19)22-3)18-16(21)23-10-12-7-5-4-6-8-12/h4-8,11,14H,9-10H2,1-3H3,(H,17,20)(H,18,21)/t14-/m1/s1. The summed E-state index contributed by atoms with van der Waals surface area (Å²) in [6.07, 6.45) is -0.694. The molecular formula is C16H22N2O5. The minimum absolute atomic E-state index is 0.112. The monoisotopic (exact) mass is 322 g/mol. The fourth-order valence-electron chi connectivity index (χ4n) is 1.77. The van der Waals surface area contributed by atoms with Crippen LogP contribution in [0.4, 0.5) is 4.79 Å². The van der Waals surface area contributed by atoms with Gasteiger partial charge in [-0.3, -0.25) is 9.59 Å². The molecule has 0 spiro atoms. The highest BCUT2D eigenvalue weighted by molar-refractivity contribution is 5.88. The number of esters is 1. The molecule has 1 aromatic rings. The fraction of sp³-hybridized carbons (Fsp3) is 0.438. The molecule has 0 aliphatic carbocycles. The van der Waals surface area contributed by atoms with Gasteiger partial charge in [0.15, 0.2) is 0 Å². The predicted octanol–water partition coefficient (Wildman–Crippen LogP) is 1.23. The average Bonchev–Trinajstić information content (AvgIpc) is 2.55. The zero-order valence-electron chi connectivity index (χ0n) is 13.5. The zero-order valence-corrected chi connectivity index (χ0v) is 13.5. The Morgan fingerprint density at radius 3 is 2.35 bits per heavy atom. The van der Waals surface area contributed by atoms with Crippen LogP contribution in [0.25, 0.3) is 0 Å². The van der Waals surface area contributed by atoms with Crippen molar-refractivity contribution < 1.29 is 23.9 Å². The molecule has 0 saturated carbocycles. The Morgan fingerprint density at radius 2 is 1.78 bits per heavy atom. The highest BCUT2D eigenvalue weighted by atomic mass is 16.5. The smallest absolute Gasteiger partial charge is 0.408 e. The third kappa shape index (κ3) is 6.82. The van der Waals surface area contributed by atoms with Crippen LogP contribution in [0.1, 0.15) is 19.4 Å². The number of rotatable bonds is 7. The van der Waals surface area contributed by atoms with E-state index in [0.717, 1.165) is 5.56 Å². The predicted molar refractivity (Wildman–Crippen MR) is 83.4 cm³/mol. The Kier molecular flexibility index (Phi) is 7.59. The van der Waals surface area contributed by atoms with Crippen LogP contribution in [-0.4, -0.2) is 37.7 Å². The maximum Gasteiger partial charge on any atom is 0.408 e. The van der Waals surface area contributed by atoms with Crippen molar-refractivity contribution in [3.05, 3.63) is 35.9 Å². The number of ether oxygens (including phenoxy) is 2. The number of carbonyl (C=O) groups is 3. The van der Waals surface area contributed by atoms with E-state index in [1.807, 2.05) is 30.3 Å². The first-order valence-electron chi connectivity index (χ1n) is 7.25. The Balaban J connectivity index is 2.49. The minimum atomic E-state index is -0.803. The number of benzene rings is 1. The fourth-order valence-corrected chi connectivity index (χ4v) is 1.77. The molecule has 1 aromatic carbocycles. The molecule has 0 radical (unpaired) electrons. The van der Waals surface area contributed by atoms with E-state index >= 15 is 0 Å². The minimum Gasteiger partial charge on any atom is -0.468 e. The summed E-state index contributed by atoms with van der Waals surface area (Å²) in [6.45, 7) is 3.42. The topological polar surface area (TPSA) is 93.7 Å². The van der Waals surface area contributed by atoms with Crippen LogP contribution >= 0.6 is 0 Å².